The first kappa shape index (κ1) is 18.1. The van der Waals surface area contributed by atoms with Crippen molar-refractivity contribution < 1.29 is 17.9 Å². The van der Waals surface area contributed by atoms with Crippen LogP contribution in [-0.4, -0.2) is 19.4 Å². The lowest BCUT2D eigenvalue weighted by Crippen LogP contribution is -2.48. The lowest BCUT2D eigenvalue weighted by atomic mass is 9.81. The maximum absolute atomic E-state index is 13.2. The van der Waals surface area contributed by atoms with E-state index < -0.39 is 23.3 Å². The number of rotatable bonds is 4. The van der Waals surface area contributed by atoms with Crippen molar-refractivity contribution in [3.63, 3.8) is 0 Å². The Hall–Kier alpha value is -1.23. The first-order chi connectivity index (χ1) is 10.8. The molecule has 2 atom stereocenters. The number of nitriles is 1. The lowest BCUT2D eigenvalue weighted by Gasteiger charge is -2.34. The fraction of sp³-hybridized carbons (Fsp3) is 0.400. The van der Waals surface area contributed by atoms with Gasteiger partial charge in [-0.3, -0.25) is 0 Å². The molecular formula is C15H13BrClF3N2O. The molecule has 1 aromatic carbocycles. The second-order valence-corrected chi connectivity index (χ2v) is 6.31. The van der Waals surface area contributed by atoms with Gasteiger partial charge < -0.3 is 10.1 Å². The van der Waals surface area contributed by atoms with Gasteiger partial charge in [0.2, 0.25) is 0 Å². The van der Waals surface area contributed by atoms with Crippen LogP contribution in [0.2, 0.25) is 5.02 Å². The molecule has 1 heterocycles. The van der Waals surface area contributed by atoms with E-state index in [1.807, 2.05) is 6.07 Å². The van der Waals surface area contributed by atoms with Gasteiger partial charge in [-0.05, 0) is 24.6 Å². The summed E-state index contributed by atoms with van der Waals surface area (Å²) >= 11 is 8.79. The number of ether oxygens (including phenoxy) is 1. The minimum atomic E-state index is -4.60. The topological polar surface area (TPSA) is 45.0 Å². The molecular weight excluding hydrogens is 397 g/mol. The van der Waals surface area contributed by atoms with E-state index in [4.69, 9.17) is 16.3 Å². The van der Waals surface area contributed by atoms with Crippen LogP contribution in [0.15, 0.2) is 34.4 Å². The molecule has 0 aromatic heterocycles. The van der Waals surface area contributed by atoms with Crippen LogP contribution < -0.4 is 5.32 Å². The van der Waals surface area contributed by atoms with Gasteiger partial charge in [-0.15, -0.1) is 0 Å². The quantitative estimate of drug-likeness (QED) is 0.797. The molecule has 0 bridgehead atoms. The SMILES string of the molecule is CCOCC1(c2ccc(Cl)cc2)NC(C(F)(F)F)=C(Br)C1C#N. The smallest absolute Gasteiger partial charge is 0.379 e. The Kier molecular flexibility index (Phi) is 5.29. The second-order valence-electron chi connectivity index (χ2n) is 5.02. The van der Waals surface area contributed by atoms with Crippen molar-refractivity contribution in [2.24, 2.45) is 5.92 Å². The highest BCUT2D eigenvalue weighted by Crippen LogP contribution is 2.48. The molecule has 0 aliphatic carbocycles. The Balaban J connectivity index is 2.56. The van der Waals surface area contributed by atoms with Crippen LogP contribution >= 0.6 is 27.5 Å². The molecule has 1 N–H and O–H groups in total. The number of benzene rings is 1. The van der Waals surface area contributed by atoms with Crippen molar-refractivity contribution in [1.29, 1.82) is 5.26 Å². The Labute approximate surface area is 145 Å². The van der Waals surface area contributed by atoms with Crippen LogP contribution in [0.25, 0.3) is 0 Å². The summed E-state index contributed by atoms with van der Waals surface area (Å²) in [4.78, 5) is 0. The highest BCUT2D eigenvalue weighted by molar-refractivity contribution is 9.11. The molecule has 1 aliphatic heterocycles. The largest absolute Gasteiger partial charge is 0.431 e. The van der Waals surface area contributed by atoms with Crippen LogP contribution in [0.4, 0.5) is 13.2 Å². The summed E-state index contributed by atoms with van der Waals surface area (Å²) in [6.07, 6.45) is -4.60. The van der Waals surface area contributed by atoms with Crippen molar-refractivity contribution >= 4 is 27.5 Å². The van der Waals surface area contributed by atoms with Gasteiger partial charge in [0, 0.05) is 16.1 Å². The summed E-state index contributed by atoms with van der Waals surface area (Å²) in [6, 6.07) is 8.28. The van der Waals surface area contributed by atoms with E-state index >= 15 is 0 Å². The Morgan fingerprint density at radius 2 is 2.00 bits per heavy atom. The van der Waals surface area contributed by atoms with Gasteiger partial charge in [0.1, 0.15) is 17.2 Å². The summed E-state index contributed by atoms with van der Waals surface area (Å²) in [7, 11) is 0. The fourth-order valence-electron chi connectivity index (χ4n) is 2.54. The van der Waals surface area contributed by atoms with Gasteiger partial charge in [0.05, 0.1) is 12.7 Å². The van der Waals surface area contributed by atoms with Gasteiger partial charge in [0.25, 0.3) is 0 Å². The first-order valence-corrected chi connectivity index (χ1v) is 7.91. The van der Waals surface area contributed by atoms with Crippen LogP contribution in [0.5, 0.6) is 0 Å². The van der Waals surface area contributed by atoms with Crippen molar-refractivity contribution in [2.75, 3.05) is 13.2 Å². The van der Waals surface area contributed by atoms with E-state index in [0.717, 1.165) is 0 Å². The number of alkyl halides is 3. The zero-order valence-electron chi connectivity index (χ0n) is 12.0. The summed E-state index contributed by atoms with van der Waals surface area (Å²) < 4.78 is 44.9. The van der Waals surface area contributed by atoms with E-state index in [9.17, 15) is 18.4 Å². The molecule has 0 spiro atoms. The minimum Gasteiger partial charge on any atom is -0.379 e. The second kappa shape index (κ2) is 6.71. The van der Waals surface area contributed by atoms with Gasteiger partial charge in [0.15, 0.2) is 0 Å². The summed E-state index contributed by atoms with van der Waals surface area (Å²) in [5.41, 5.74) is -1.80. The molecule has 0 saturated carbocycles. The standard InChI is InChI=1S/C15H13BrClF3N2O/c1-2-23-8-14(9-3-5-10(17)6-4-9)11(7-21)12(16)13(22-14)15(18,19)20/h3-6,11,22H,2,8H2,1H3. The van der Waals surface area contributed by atoms with Crippen LogP contribution in [-0.2, 0) is 10.3 Å². The van der Waals surface area contributed by atoms with Gasteiger partial charge in [-0.25, -0.2) is 0 Å². The summed E-state index contributed by atoms with van der Waals surface area (Å²) in [5.74, 6) is -1.08. The van der Waals surface area contributed by atoms with Crippen molar-refractivity contribution in [2.45, 2.75) is 18.6 Å². The molecule has 2 rings (SSSR count). The van der Waals surface area contributed by atoms with E-state index in [2.05, 4.69) is 21.2 Å². The summed E-state index contributed by atoms with van der Waals surface area (Å²) in [6.45, 7) is 1.96. The van der Waals surface area contributed by atoms with Crippen molar-refractivity contribution in [3.05, 3.63) is 45.0 Å². The third kappa shape index (κ3) is 3.35. The normalized spacial score (nSPS) is 24.5. The maximum atomic E-state index is 13.2. The number of nitrogens with one attached hydrogen (secondary N) is 1. The number of nitrogens with zero attached hydrogens (tertiary/aromatic N) is 1. The number of hydrogen-bond acceptors (Lipinski definition) is 3. The maximum Gasteiger partial charge on any atom is 0.431 e. The molecule has 23 heavy (non-hydrogen) atoms. The van der Waals surface area contributed by atoms with E-state index in [1.165, 1.54) is 0 Å². The molecule has 8 heteroatoms. The van der Waals surface area contributed by atoms with Gasteiger partial charge in [-0.2, -0.15) is 18.4 Å². The third-order valence-electron chi connectivity index (χ3n) is 3.64. The molecule has 1 aromatic rings. The van der Waals surface area contributed by atoms with Crippen LogP contribution in [0, 0.1) is 17.2 Å². The molecule has 0 radical (unpaired) electrons. The molecule has 1 aliphatic rings. The monoisotopic (exact) mass is 408 g/mol. The number of hydrogen-bond donors (Lipinski definition) is 1. The predicted octanol–water partition coefficient (Wildman–Crippen LogP) is 4.48. The summed E-state index contributed by atoms with van der Waals surface area (Å²) in [5, 5.41) is 12.4. The number of allylic oxidation sites excluding steroid dienone is 1. The highest BCUT2D eigenvalue weighted by Gasteiger charge is 2.55. The van der Waals surface area contributed by atoms with Crippen molar-refractivity contribution in [1.82, 2.24) is 5.32 Å². The average Bonchev–Trinajstić information content (AvgIpc) is 2.79. The molecule has 0 amide bonds. The fourth-order valence-corrected chi connectivity index (χ4v) is 3.48. The van der Waals surface area contributed by atoms with Crippen LogP contribution in [0.3, 0.4) is 0 Å². The first-order valence-electron chi connectivity index (χ1n) is 6.74. The molecule has 0 saturated heterocycles. The average molecular weight is 410 g/mol. The Morgan fingerprint density at radius 3 is 2.48 bits per heavy atom. The molecule has 124 valence electrons. The Bertz CT molecular complexity index is 654. The highest BCUT2D eigenvalue weighted by atomic mass is 79.9. The molecule has 0 fully saturated rings. The zero-order chi connectivity index (χ0) is 17.3. The van der Waals surface area contributed by atoms with Gasteiger partial charge >= 0.3 is 6.18 Å². The lowest BCUT2D eigenvalue weighted by molar-refractivity contribution is -0.0988. The molecule has 3 nitrogen and oxygen atoms in total. The van der Waals surface area contributed by atoms with E-state index in [-0.39, 0.29) is 11.1 Å². The van der Waals surface area contributed by atoms with Crippen molar-refractivity contribution in [3.8, 4) is 6.07 Å². The van der Waals surface area contributed by atoms with E-state index in [0.29, 0.717) is 17.2 Å². The zero-order valence-corrected chi connectivity index (χ0v) is 14.4. The third-order valence-corrected chi connectivity index (χ3v) is 4.75. The number of halogens is 5. The molecule has 2 unspecified atom stereocenters. The van der Waals surface area contributed by atoms with Gasteiger partial charge in [-0.1, -0.05) is 39.7 Å². The predicted molar refractivity (Wildman–Crippen MR) is 83.9 cm³/mol. The minimum absolute atomic E-state index is 0.0853. The van der Waals surface area contributed by atoms with Crippen LogP contribution in [0.1, 0.15) is 12.5 Å². The van der Waals surface area contributed by atoms with E-state index in [1.54, 1.807) is 31.2 Å². The Morgan fingerprint density at radius 1 is 1.39 bits per heavy atom.